The van der Waals surface area contributed by atoms with Gasteiger partial charge in [-0.05, 0) is 105 Å². The van der Waals surface area contributed by atoms with Crippen LogP contribution in [0.1, 0.15) is 70.1 Å². The number of nitrogens with zero attached hydrogens (tertiary/aromatic N) is 2. The molecule has 0 saturated carbocycles. The number of rotatable bonds is 15. The highest BCUT2D eigenvalue weighted by Gasteiger charge is 2.34. The van der Waals surface area contributed by atoms with E-state index in [0.717, 1.165) is 48.3 Å². The van der Waals surface area contributed by atoms with E-state index in [2.05, 4.69) is 52.8 Å². The van der Waals surface area contributed by atoms with Crippen molar-refractivity contribution in [2.45, 2.75) is 78.0 Å². The van der Waals surface area contributed by atoms with Crippen molar-refractivity contribution in [1.82, 2.24) is 9.97 Å². The Morgan fingerprint density at radius 1 is 0.921 bits per heavy atom. The minimum Gasteiger partial charge on any atom is -0.493 e. The third kappa shape index (κ3) is 10.0. The van der Waals surface area contributed by atoms with Crippen LogP contribution in [0.4, 0.5) is 5.95 Å². The average Bonchev–Trinajstić information content (AvgIpc) is 2.87. The van der Waals surface area contributed by atoms with Gasteiger partial charge in [-0.15, -0.1) is 0 Å². The number of aryl methyl sites for hydroxylation is 2. The summed E-state index contributed by atoms with van der Waals surface area (Å²) in [5.74, 6) is 0.728. The minimum atomic E-state index is -0.717. The zero-order valence-electron chi connectivity index (χ0n) is 23.3. The minimum absolute atomic E-state index is 0.0260. The number of aliphatic carboxylic acids is 1. The number of anilines is 1. The second-order valence-electron chi connectivity index (χ2n) is 11.4. The van der Waals surface area contributed by atoms with Crippen molar-refractivity contribution in [3.63, 3.8) is 0 Å². The lowest BCUT2D eigenvalue weighted by atomic mass is 9.72. The highest BCUT2D eigenvalue weighted by atomic mass is 32.2. The van der Waals surface area contributed by atoms with E-state index in [4.69, 9.17) is 4.74 Å². The van der Waals surface area contributed by atoms with E-state index in [9.17, 15) is 9.90 Å². The van der Waals surface area contributed by atoms with Crippen LogP contribution >= 0.6 is 11.9 Å². The quantitative estimate of drug-likeness (QED) is 0.152. The largest absolute Gasteiger partial charge is 0.493 e. The predicted molar refractivity (Wildman–Crippen MR) is 156 cm³/mol. The topological polar surface area (TPSA) is 84.3 Å². The maximum absolute atomic E-state index is 11.4. The molecule has 0 aliphatic heterocycles. The fourth-order valence-corrected chi connectivity index (χ4v) is 5.19. The smallest absolute Gasteiger partial charge is 0.309 e. The van der Waals surface area contributed by atoms with E-state index >= 15 is 0 Å². The monoisotopic (exact) mass is 535 g/mol. The zero-order chi connectivity index (χ0) is 27.6. The second kappa shape index (κ2) is 13.7. The van der Waals surface area contributed by atoms with Gasteiger partial charge in [-0.1, -0.05) is 44.5 Å². The van der Waals surface area contributed by atoms with Gasteiger partial charge in [0.1, 0.15) is 5.75 Å². The van der Waals surface area contributed by atoms with Crippen LogP contribution < -0.4 is 9.46 Å². The number of carboxylic acid groups (broad SMARTS) is 1. The standard InChI is InChI=1S/C31H41N3O3S/c1-23-20-32-29(33-21-23)34-38-27-15-13-26(14-16-27)37-19-17-25-11-9-24(10-12-25)8-6-7-18-30(2,3)22-31(4,5)28(35)36/h9-16,20-21H,6-8,17-19,22H2,1-5H3,(H,35,36)(H,32,33,34). The molecule has 204 valence electrons. The van der Waals surface area contributed by atoms with Crippen LogP contribution in [0, 0.1) is 17.8 Å². The summed E-state index contributed by atoms with van der Waals surface area (Å²) in [5, 5.41) is 9.41. The molecule has 1 heterocycles. The van der Waals surface area contributed by atoms with Gasteiger partial charge < -0.3 is 9.84 Å². The number of ether oxygens (including phenoxy) is 1. The van der Waals surface area contributed by atoms with Crippen LogP contribution in [0.2, 0.25) is 0 Å². The molecule has 6 nitrogen and oxygen atoms in total. The molecule has 0 spiro atoms. The molecule has 0 fully saturated rings. The van der Waals surface area contributed by atoms with Crippen molar-refractivity contribution >= 4 is 23.9 Å². The Kier molecular flexibility index (Phi) is 10.6. The molecule has 1 aromatic heterocycles. The maximum Gasteiger partial charge on any atom is 0.309 e. The lowest BCUT2D eigenvalue weighted by molar-refractivity contribution is -0.148. The molecule has 2 N–H and O–H groups in total. The SMILES string of the molecule is Cc1cnc(NSc2ccc(OCCc3ccc(CCCCC(C)(C)CC(C)(C)C(=O)O)cc3)cc2)nc1. The molecule has 2 aromatic carbocycles. The maximum atomic E-state index is 11.4. The molecule has 0 amide bonds. The van der Waals surface area contributed by atoms with Gasteiger partial charge in [-0.3, -0.25) is 9.52 Å². The van der Waals surface area contributed by atoms with Crippen molar-refractivity contribution in [3.05, 3.63) is 77.6 Å². The number of hydrogen-bond acceptors (Lipinski definition) is 6. The van der Waals surface area contributed by atoms with Crippen molar-refractivity contribution in [2.75, 3.05) is 11.3 Å². The Morgan fingerprint density at radius 2 is 1.53 bits per heavy atom. The van der Waals surface area contributed by atoms with Crippen molar-refractivity contribution in [2.24, 2.45) is 10.8 Å². The van der Waals surface area contributed by atoms with Crippen LogP contribution in [-0.2, 0) is 17.6 Å². The normalized spacial score (nSPS) is 11.8. The molecule has 0 bridgehead atoms. The number of benzene rings is 2. The zero-order valence-corrected chi connectivity index (χ0v) is 24.1. The Hall–Kier alpha value is -3.06. The van der Waals surface area contributed by atoms with E-state index in [1.54, 1.807) is 12.4 Å². The van der Waals surface area contributed by atoms with E-state index in [1.807, 2.05) is 45.0 Å². The molecular formula is C31H41N3O3S. The summed E-state index contributed by atoms with van der Waals surface area (Å²) >= 11 is 1.47. The molecule has 0 atom stereocenters. The fourth-order valence-electron chi connectivity index (χ4n) is 4.61. The molecule has 0 radical (unpaired) electrons. The molecule has 7 heteroatoms. The first-order valence-corrected chi connectivity index (χ1v) is 14.1. The molecular weight excluding hydrogens is 494 g/mol. The first-order chi connectivity index (χ1) is 18.0. The summed E-state index contributed by atoms with van der Waals surface area (Å²) in [6, 6.07) is 16.8. The highest BCUT2D eigenvalue weighted by Crippen LogP contribution is 2.37. The number of carbonyl (C=O) groups is 1. The van der Waals surface area contributed by atoms with Crippen LogP contribution in [-0.4, -0.2) is 27.7 Å². The van der Waals surface area contributed by atoms with Crippen LogP contribution in [0.5, 0.6) is 5.75 Å². The van der Waals surface area contributed by atoms with Crippen LogP contribution in [0.3, 0.4) is 0 Å². The van der Waals surface area contributed by atoms with Crippen molar-refractivity contribution in [1.29, 1.82) is 0 Å². The third-order valence-electron chi connectivity index (χ3n) is 6.62. The summed E-state index contributed by atoms with van der Waals surface area (Å²) in [5.41, 5.74) is 2.99. The number of aromatic nitrogens is 2. The van der Waals surface area contributed by atoms with E-state index < -0.39 is 11.4 Å². The average molecular weight is 536 g/mol. The number of unbranched alkanes of at least 4 members (excludes halogenated alkanes) is 1. The molecule has 0 aliphatic carbocycles. The Bertz CT molecular complexity index is 1140. The second-order valence-corrected chi connectivity index (χ2v) is 12.3. The molecule has 0 aliphatic rings. The van der Waals surface area contributed by atoms with Gasteiger partial charge in [0.05, 0.1) is 12.0 Å². The molecule has 0 unspecified atom stereocenters. The van der Waals surface area contributed by atoms with E-state index in [1.165, 1.54) is 23.1 Å². The van der Waals surface area contributed by atoms with Gasteiger partial charge >= 0.3 is 5.97 Å². The van der Waals surface area contributed by atoms with Gasteiger partial charge in [-0.25, -0.2) is 9.97 Å². The van der Waals surface area contributed by atoms with E-state index in [-0.39, 0.29) is 5.41 Å². The van der Waals surface area contributed by atoms with Gasteiger partial charge in [0, 0.05) is 23.7 Å². The summed E-state index contributed by atoms with van der Waals surface area (Å²) in [4.78, 5) is 21.0. The van der Waals surface area contributed by atoms with E-state index in [0.29, 0.717) is 19.0 Å². The van der Waals surface area contributed by atoms with Gasteiger partial charge in [0.15, 0.2) is 0 Å². The summed E-state index contributed by atoms with van der Waals surface area (Å²) in [6.45, 7) is 10.6. The predicted octanol–water partition coefficient (Wildman–Crippen LogP) is 7.77. The number of carboxylic acids is 1. The van der Waals surface area contributed by atoms with Crippen LogP contribution in [0.25, 0.3) is 0 Å². The summed E-state index contributed by atoms with van der Waals surface area (Å²) < 4.78 is 9.09. The third-order valence-corrected chi connectivity index (χ3v) is 7.41. The lowest BCUT2D eigenvalue weighted by Crippen LogP contribution is -2.30. The van der Waals surface area contributed by atoms with Gasteiger partial charge in [0.25, 0.3) is 0 Å². The molecule has 0 saturated heterocycles. The first-order valence-electron chi connectivity index (χ1n) is 13.3. The highest BCUT2D eigenvalue weighted by molar-refractivity contribution is 8.00. The van der Waals surface area contributed by atoms with Gasteiger partial charge in [0.2, 0.25) is 5.95 Å². The summed E-state index contributed by atoms with van der Waals surface area (Å²) in [6.07, 6.45) is 9.42. The Balaban J connectivity index is 1.33. The Labute approximate surface area is 231 Å². The molecule has 38 heavy (non-hydrogen) atoms. The number of hydrogen-bond donors (Lipinski definition) is 2. The number of nitrogens with one attached hydrogen (secondary N) is 1. The van der Waals surface area contributed by atoms with Crippen LogP contribution in [0.15, 0.2) is 65.8 Å². The first kappa shape index (κ1) is 29.5. The molecule has 3 aromatic rings. The fraction of sp³-hybridized carbons (Fsp3) is 0.452. The summed E-state index contributed by atoms with van der Waals surface area (Å²) in [7, 11) is 0. The lowest BCUT2D eigenvalue weighted by Gasteiger charge is -2.32. The van der Waals surface area contributed by atoms with Crippen molar-refractivity contribution < 1.29 is 14.6 Å². The van der Waals surface area contributed by atoms with Crippen molar-refractivity contribution in [3.8, 4) is 5.75 Å². The van der Waals surface area contributed by atoms with Gasteiger partial charge in [-0.2, -0.15) is 0 Å². The molecule has 3 rings (SSSR count). The Morgan fingerprint density at radius 3 is 2.13 bits per heavy atom.